The minimum atomic E-state index is -3.76. The largest absolute Gasteiger partial charge is 0.477 e. The van der Waals surface area contributed by atoms with Gasteiger partial charge in [-0.1, -0.05) is 0 Å². The van der Waals surface area contributed by atoms with Gasteiger partial charge in [-0.25, -0.2) is 17.9 Å². The normalized spacial score (nSPS) is 28.2. The van der Waals surface area contributed by atoms with Crippen LogP contribution in [0, 0.1) is 13.8 Å². The lowest BCUT2D eigenvalue weighted by Gasteiger charge is -2.20. The number of carbonyl (C=O) groups is 1. The topological polar surface area (TPSA) is 108 Å². The molecule has 1 aromatic rings. The highest BCUT2D eigenvalue weighted by Gasteiger charge is 2.43. The summed E-state index contributed by atoms with van der Waals surface area (Å²) in [5.41, 5.74) is 0.482. The molecule has 0 saturated carbocycles. The second kappa shape index (κ2) is 4.82. The van der Waals surface area contributed by atoms with Crippen molar-refractivity contribution < 1.29 is 23.1 Å². The Morgan fingerprint density at radius 3 is 2.57 bits per heavy atom. The highest BCUT2D eigenvalue weighted by Crippen LogP contribution is 2.35. The quantitative estimate of drug-likeness (QED) is 0.766. The molecular formula is C13H18N2O5S. The van der Waals surface area contributed by atoms with E-state index in [2.05, 4.69) is 9.71 Å². The Morgan fingerprint density at radius 2 is 2.10 bits per heavy atom. The molecule has 0 aliphatic carbocycles. The van der Waals surface area contributed by atoms with Crippen LogP contribution < -0.4 is 4.72 Å². The summed E-state index contributed by atoms with van der Waals surface area (Å²) in [6.45, 7) is 3.06. The van der Waals surface area contributed by atoms with Crippen molar-refractivity contribution in [1.82, 2.24) is 9.71 Å². The van der Waals surface area contributed by atoms with E-state index in [-0.39, 0.29) is 34.4 Å². The van der Waals surface area contributed by atoms with Gasteiger partial charge in [-0.3, -0.25) is 0 Å². The Hall–Kier alpha value is -1.38. The average molecular weight is 314 g/mol. The Kier molecular flexibility index (Phi) is 3.34. The maximum atomic E-state index is 12.6. The van der Waals surface area contributed by atoms with E-state index in [1.165, 1.54) is 6.92 Å². The Labute approximate surface area is 122 Å². The molecular weight excluding hydrogens is 296 g/mol. The maximum absolute atomic E-state index is 12.6. The summed E-state index contributed by atoms with van der Waals surface area (Å²) < 4.78 is 33.4. The van der Waals surface area contributed by atoms with Gasteiger partial charge in [-0.15, -0.1) is 0 Å². The summed E-state index contributed by atoms with van der Waals surface area (Å²) in [4.78, 5) is 13.8. The van der Waals surface area contributed by atoms with Crippen LogP contribution in [0.25, 0.3) is 0 Å². The van der Waals surface area contributed by atoms with E-state index in [0.29, 0.717) is 12.1 Å². The molecule has 116 valence electrons. The number of ether oxygens (including phenoxy) is 1. The molecule has 2 bridgehead atoms. The first kappa shape index (κ1) is 14.6. The molecule has 3 rings (SSSR count). The van der Waals surface area contributed by atoms with Crippen molar-refractivity contribution in [3.8, 4) is 0 Å². The van der Waals surface area contributed by atoms with Crippen LogP contribution in [0.15, 0.2) is 4.90 Å². The first-order valence-corrected chi connectivity index (χ1v) is 8.38. The Morgan fingerprint density at radius 1 is 1.38 bits per heavy atom. The highest BCUT2D eigenvalue weighted by molar-refractivity contribution is 7.89. The molecule has 8 heteroatoms. The van der Waals surface area contributed by atoms with Gasteiger partial charge in [0.1, 0.15) is 10.6 Å². The lowest BCUT2D eigenvalue weighted by molar-refractivity contribution is 0.0690. The molecule has 1 aromatic heterocycles. The average Bonchev–Trinajstić information content (AvgIpc) is 3.02. The molecule has 0 amide bonds. The standard InChI is InChI=1S/C13H18N2O5S/c1-6-11(13(16)17)14-7(2)12(6)21(18,19)15-9-5-8-3-4-10(9)20-8/h8-10,14-15H,3-5H2,1-2H3,(H,16,17). The second-order valence-electron chi connectivity index (χ2n) is 5.72. The highest BCUT2D eigenvalue weighted by atomic mass is 32.2. The number of hydrogen-bond acceptors (Lipinski definition) is 4. The van der Waals surface area contributed by atoms with Crippen LogP contribution in [0.4, 0.5) is 0 Å². The van der Waals surface area contributed by atoms with Crippen molar-refractivity contribution >= 4 is 16.0 Å². The van der Waals surface area contributed by atoms with E-state index in [1.807, 2.05) is 0 Å². The number of aromatic amines is 1. The van der Waals surface area contributed by atoms with Crippen molar-refractivity contribution in [2.24, 2.45) is 0 Å². The molecule has 2 aliphatic heterocycles. The van der Waals surface area contributed by atoms with Crippen molar-refractivity contribution in [2.45, 2.75) is 56.3 Å². The Balaban J connectivity index is 1.90. The Bertz CT molecular complexity index is 694. The molecule has 2 aliphatic rings. The van der Waals surface area contributed by atoms with Gasteiger partial charge in [-0.05, 0) is 33.1 Å². The van der Waals surface area contributed by atoms with E-state index in [1.54, 1.807) is 6.92 Å². The van der Waals surface area contributed by atoms with E-state index in [0.717, 1.165) is 12.8 Å². The van der Waals surface area contributed by atoms with E-state index < -0.39 is 16.0 Å². The first-order chi connectivity index (χ1) is 9.79. The van der Waals surface area contributed by atoms with Gasteiger partial charge in [0.15, 0.2) is 0 Å². The molecule has 7 nitrogen and oxygen atoms in total. The molecule has 21 heavy (non-hydrogen) atoms. The number of aryl methyl sites for hydroxylation is 1. The van der Waals surface area contributed by atoms with Crippen LogP contribution in [0.5, 0.6) is 0 Å². The first-order valence-electron chi connectivity index (χ1n) is 6.90. The molecule has 3 N–H and O–H groups in total. The number of carboxylic acid groups (broad SMARTS) is 1. The summed E-state index contributed by atoms with van der Waals surface area (Å²) in [6, 6.07) is -0.226. The number of rotatable bonds is 4. The van der Waals surface area contributed by atoms with Crippen molar-refractivity contribution in [1.29, 1.82) is 0 Å². The number of aromatic carboxylic acids is 1. The molecule has 2 saturated heterocycles. The number of sulfonamides is 1. The van der Waals surface area contributed by atoms with E-state index in [4.69, 9.17) is 9.84 Å². The van der Waals surface area contributed by atoms with Gasteiger partial charge >= 0.3 is 5.97 Å². The minimum Gasteiger partial charge on any atom is -0.477 e. The van der Waals surface area contributed by atoms with Crippen LogP contribution in [0.1, 0.15) is 41.0 Å². The summed E-state index contributed by atoms with van der Waals surface area (Å²) in [6.07, 6.45) is 2.60. The van der Waals surface area contributed by atoms with E-state index >= 15 is 0 Å². The number of carboxylic acids is 1. The zero-order valence-electron chi connectivity index (χ0n) is 11.8. The zero-order valence-corrected chi connectivity index (χ0v) is 12.7. The SMILES string of the molecule is Cc1[nH]c(C(=O)O)c(C)c1S(=O)(=O)NC1CC2CCC1O2. The van der Waals surface area contributed by atoms with Gasteiger partial charge in [0.25, 0.3) is 0 Å². The third-order valence-corrected chi connectivity index (χ3v) is 6.03. The fourth-order valence-corrected chi connectivity index (χ4v) is 5.09. The summed E-state index contributed by atoms with van der Waals surface area (Å²) >= 11 is 0. The van der Waals surface area contributed by atoms with Crippen molar-refractivity contribution in [3.05, 3.63) is 17.0 Å². The molecule has 0 spiro atoms. The third kappa shape index (κ3) is 2.37. The molecule has 0 radical (unpaired) electrons. The number of H-pyrrole nitrogens is 1. The van der Waals surface area contributed by atoms with Crippen molar-refractivity contribution in [3.63, 3.8) is 0 Å². The van der Waals surface area contributed by atoms with Gasteiger partial charge < -0.3 is 14.8 Å². The van der Waals surface area contributed by atoms with Crippen LogP contribution >= 0.6 is 0 Å². The number of hydrogen-bond donors (Lipinski definition) is 3. The second-order valence-corrected chi connectivity index (χ2v) is 7.37. The monoisotopic (exact) mass is 314 g/mol. The van der Waals surface area contributed by atoms with E-state index in [9.17, 15) is 13.2 Å². The fourth-order valence-electron chi connectivity index (χ4n) is 3.37. The number of fused-ring (bicyclic) bond motifs is 2. The van der Waals surface area contributed by atoms with Gasteiger partial charge in [-0.2, -0.15) is 0 Å². The van der Waals surface area contributed by atoms with Crippen LogP contribution in [0.3, 0.4) is 0 Å². The maximum Gasteiger partial charge on any atom is 0.352 e. The molecule has 0 aromatic carbocycles. The van der Waals surface area contributed by atoms with Crippen LogP contribution in [-0.2, 0) is 14.8 Å². The smallest absolute Gasteiger partial charge is 0.352 e. The van der Waals surface area contributed by atoms with Gasteiger partial charge in [0.2, 0.25) is 10.0 Å². The molecule has 3 unspecified atom stereocenters. The number of nitrogens with one attached hydrogen (secondary N) is 2. The molecule has 3 heterocycles. The van der Waals surface area contributed by atoms with Crippen molar-refractivity contribution in [2.75, 3.05) is 0 Å². The van der Waals surface area contributed by atoms with Crippen LogP contribution in [-0.4, -0.2) is 42.7 Å². The summed E-state index contributed by atoms with van der Waals surface area (Å²) in [5, 5.41) is 9.07. The van der Waals surface area contributed by atoms with Gasteiger partial charge in [0.05, 0.1) is 18.2 Å². The molecule has 2 fully saturated rings. The fraction of sp³-hybridized carbons (Fsp3) is 0.615. The predicted octanol–water partition coefficient (Wildman–Crippen LogP) is 0.928. The van der Waals surface area contributed by atoms with Crippen LogP contribution in [0.2, 0.25) is 0 Å². The lowest BCUT2D eigenvalue weighted by atomic mass is 9.96. The summed E-state index contributed by atoms with van der Waals surface area (Å²) in [5.74, 6) is -1.17. The third-order valence-electron chi connectivity index (χ3n) is 4.26. The van der Waals surface area contributed by atoms with Gasteiger partial charge in [0, 0.05) is 11.3 Å². The zero-order chi connectivity index (χ0) is 15.4. The molecule has 3 atom stereocenters. The predicted molar refractivity (Wildman–Crippen MR) is 73.8 cm³/mol. The minimum absolute atomic E-state index is 0.0303. The summed E-state index contributed by atoms with van der Waals surface area (Å²) in [7, 11) is -3.76. The lowest BCUT2D eigenvalue weighted by Crippen LogP contribution is -2.41. The number of aromatic nitrogens is 1.